The average molecular weight is 293 g/mol. The highest BCUT2D eigenvalue weighted by Crippen LogP contribution is 2.27. The number of nitrogens with one attached hydrogen (secondary N) is 1. The zero-order valence-electron chi connectivity index (χ0n) is 12.8. The van der Waals surface area contributed by atoms with Crippen LogP contribution in [0.5, 0.6) is 5.75 Å². The first-order valence-electron chi connectivity index (χ1n) is 7.87. The van der Waals surface area contributed by atoms with Crippen LogP contribution in [-0.2, 0) is 0 Å². The summed E-state index contributed by atoms with van der Waals surface area (Å²) in [5.74, 6) is 0.781. The monoisotopic (exact) mass is 293 g/mol. The van der Waals surface area contributed by atoms with Gasteiger partial charge in [-0.1, -0.05) is 31.4 Å². The van der Waals surface area contributed by atoms with Crippen LogP contribution in [0.15, 0.2) is 24.3 Å². The van der Waals surface area contributed by atoms with Crippen molar-refractivity contribution in [2.24, 2.45) is 0 Å². The third-order valence-electron chi connectivity index (χ3n) is 4.26. The first-order chi connectivity index (χ1) is 10.1. The molecule has 0 saturated heterocycles. The van der Waals surface area contributed by atoms with E-state index in [1.54, 1.807) is 0 Å². The molecule has 1 aliphatic carbocycles. The van der Waals surface area contributed by atoms with E-state index in [9.17, 15) is 10.2 Å². The van der Waals surface area contributed by atoms with Crippen molar-refractivity contribution >= 4 is 0 Å². The van der Waals surface area contributed by atoms with Gasteiger partial charge in [-0.25, -0.2) is 0 Å². The highest BCUT2D eigenvalue weighted by molar-refractivity contribution is 5.27. The van der Waals surface area contributed by atoms with Crippen LogP contribution in [0.1, 0.15) is 37.7 Å². The zero-order valence-corrected chi connectivity index (χ0v) is 12.8. The van der Waals surface area contributed by atoms with Crippen molar-refractivity contribution in [1.82, 2.24) is 5.32 Å². The maximum atomic E-state index is 10.1. The molecule has 0 aromatic heterocycles. The molecule has 1 aromatic rings. The van der Waals surface area contributed by atoms with E-state index in [0.29, 0.717) is 6.54 Å². The summed E-state index contributed by atoms with van der Waals surface area (Å²) in [6.45, 7) is 2.86. The zero-order chi connectivity index (χ0) is 15.1. The number of aryl methyl sites for hydroxylation is 1. The summed E-state index contributed by atoms with van der Waals surface area (Å²) in [5, 5.41) is 23.0. The van der Waals surface area contributed by atoms with E-state index in [2.05, 4.69) is 5.32 Å². The van der Waals surface area contributed by atoms with E-state index in [1.165, 1.54) is 6.42 Å². The Morgan fingerprint density at radius 3 is 2.71 bits per heavy atom. The second-order valence-corrected chi connectivity index (χ2v) is 6.16. The second kappa shape index (κ2) is 7.78. The van der Waals surface area contributed by atoms with Crippen LogP contribution in [0.4, 0.5) is 0 Å². The number of aliphatic hydroxyl groups is 2. The Kier molecular flexibility index (Phi) is 6.03. The van der Waals surface area contributed by atoms with Crippen molar-refractivity contribution in [2.45, 2.75) is 50.7 Å². The average Bonchev–Trinajstić information content (AvgIpc) is 2.52. The predicted molar refractivity (Wildman–Crippen MR) is 83.6 cm³/mol. The Bertz CT molecular complexity index is 430. The first-order valence-corrected chi connectivity index (χ1v) is 7.87. The molecule has 1 fully saturated rings. The summed E-state index contributed by atoms with van der Waals surface area (Å²) in [5.41, 5.74) is 0.935. The minimum Gasteiger partial charge on any atom is -0.491 e. The molecule has 2 rings (SSSR count). The van der Waals surface area contributed by atoms with Gasteiger partial charge in [0.05, 0.1) is 6.61 Å². The van der Waals surface area contributed by atoms with Crippen LogP contribution in [0.2, 0.25) is 0 Å². The maximum Gasteiger partial charge on any atom is 0.119 e. The van der Waals surface area contributed by atoms with Gasteiger partial charge in [0.25, 0.3) is 0 Å². The fourth-order valence-corrected chi connectivity index (χ4v) is 2.91. The maximum absolute atomic E-state index is 10.1. The Labute approximate surface area is 127 Å². The van der Waals surface area contributed by atoms with Crippen LogP contribution in [-0.4, -0.2) is 41.6 Å². The lowest BCUT2D eigenvalue weighted by molar-refractivity contribution is 0.0711. The van der Waals surface area contributed by atoms with Crippen LogP contribution in [0.25, 0.3) is 0 Å². The molecule has 4 heteroatoms. The normalized spacial score (nSPS) is 19.2. The number of benzene rings is 1. The molecule has 1 aliphatic rings. The lowest BCUT2D eigenvalue weighted by Crippen LogP contribution is -2.52. The van der Waals surface area contributed by atoms with Crippen molar-refractivity contribution < 1.29 is 14.9 Å². The van der Waals surface area contributed by atoms with Gasteiger partial charge in [0.1, 0.15) is 18.5 Å². The predicted octanol–water partition coefficient (Wildman–Crippen LogP) is 2.02. The Morgan fingerprint density at radius 1 is 1.29 bits per heavy atom. The Balaban J connectivity index is 1.75. The highest BCUT2D eigenvalue weighted by atomic mass is 16.5. The van der Waals surface area contributed by atoms with Crippen molar-refractivity contribution in [3.63, 3.8) is 0 Å². The van der Waals surface area contributed by atoms with Gasteiger partial charge in [-0.2, -0.15) is 0 Å². The molecule has 3 N–H and O–H groups in total. The summed E-state index contributed by atoms with van der Waals surface area (Å²) in [6.07, 6.45) is 4.91. The second-order valence-electron chi connectivity index (χ2n) is 6.16. The van der Waals surface area contributed by atoms with Crippen LogP contribution in [0, 0.1) is 6.92 Å². The molecule has 0 radical (unpaired) electrons. The number of rotatable bonds is 7. The van der Waals surface area contributed by atoms with Gasteiger partial charge in [-0.05, 0) is 37.5 Å². The Hall–Kier alpha value is -1.10. The van der Waals surface area contributed by atoms with Gasteiger partial charge >= 0.3 is 0 Å². The minimum absolute atomic E-state index is 0.137. The van der Waals surface area contributed by atoms with Gasteiger partial charge in [0.15, 0.2) is 0 Å². The van der Waals surface area contributed by atoms with Crippen LogP contribution in [0.3, 0.4) is 0 Å². The molecule has 1 saturated carbocycles. The molecule has 0 heterocycles. The van der Waals surface area contributed by atoms with E-state index in [0.717, 1.165) is 37.0 Å². The topological polar surface area (TPSA) is 61.7 Å². The number of hydrogen-bond acceptors (Lipinski definition) is 4. The summed E-state index contributed by atoms with van der Waals surface area (Å²) < 4.78 is 5.60. The molecule has 21 heavy (non-hydrogen) atoms. The molecule has 0 amide bonds. The van der Waals surface area contributed by atoms with E-state index < -0.39 is 6.10 Å². The fraction of sp³-hybridized carbons (Fsp3) is 0.647. The van der Waals surface area contributed by atoms with E-state index in [1.807, 2.05) is 31.2 Å². The first kappa shape index (κ1) is 16.3. The van der Waals surface area contributed by atoms with E-state index in [-0.39, 0.29) is 18.8 Å². The number of ether oxygens (including phenoxy) is 1. The van der Waals surface area contributed by atoms with Crippen molar-refractivity contribution in [3.8, 4) is 5.75 Å². The molecule has 0 bridgehead atoms. The van der Waals surface area contributed by atoms with Gasteiger partial charge in [0, 0.05) is 12.1 Å². The molecule has 118 valence electrons. The smallest absolute Gasteiger partial charge is 0.119 e. The molecular weight excluding hydrogens is 266 g/mol. The SMILES string of the molecule is Cc1cccc(OCC(O)CNC2(CO)CCCCC2)c1. The molecular formula is C17H27NO3. The van der Waals surface area contributed by atoms with Crippen LogP contribution >= 0.6 is 0 Å². The number of hydrogen-bond donors (Lipinski definition) is 3. The van der Waals surface area contributed by atoms with Gasteiger partial charge in [0.2, 0.25) is 0 Å². The van der Waals surface area contributed by atoms with E-state index in [4.69, 9.17) is 4.74 Å². The van der Waals surface area contributed by atoms with Gasteiger partial charge < -0.3 is 20.3 Å². The number of aliphatic hydroxyl groups excluding tert-OH is 2. The summed E-state index contributed by atoms with van der Waals surface area (Å²) in [7, 11) is 0. The highest BCUT2D eigenvalue weighted by Gasteiger charge is 2.31. The summed E-state index contributed by atoms with van der Waals surface area (Å²) in [4.78, 5) is 0. The van der Waals surface area contributed by atoms with Crippen LogP contribution < -0.4 is 10.1 Å². The standard InChI is InChI=1S/C17H27NO3/c1-14-6-5-7-16(10-14)21-12-15(20)11-18-17(13-19)8-3-2-4-9-17/h5-7,10,15,18-20H,2-4,8-9,11-13H2,1H3. The quantitative estimate of drug-likeness (QED) is 0.720. The van der Waals surface area contributed by atoms with Gasteiger partial charge in [-0.15, -0.1) is 0 Å². The largest absolute Gasteiger partial charge is 0.491 e. The molecule has 0 spiro atoms. The van der Waals surface area contributed by atoms with Crippen molar-refractivity contribution in [3.05, 3.63) is 29.8 Å². The molecule has 0 aliphatic heterocycles. The van der Waals surface area contributed by atoms with Crippen molar-refractivity contribution in [2.75, 3.05) is 19.8 Å². The lowest BCUT2D eigenvalue weighted by Gasteiger charge is -2.37. The third-order valence-corrected chi connectivity index (χ3v) is 4.26. The third kappa shape index (κ3) is 4.99. The Morgan fingerprint density at radius 2 is 2.05 bits per heavy atom. The molecule has 4 nitrogen and oxygen atoms in total. The van der Waals surface area contributed by atoms with Crippen molar-refractivity contribution in [1.29, 1.82) is 0 Å². The fourth-order valence-electron chi connectivity index (χ4n) is 2.91. The van der Waals surface area contributed by atoms with Gasteiger partial charge in [-0.3, -0.25) is 0 Å². The molecule has 1 unspecified atom stereocenters. The van der Waals surface area contributed by atoms with E-state index >= 15 is 0 Å². The molecule has 1 aromatic carbocycles. The minimum atomic E-state index is -0.573. The number of β-amino-alcohol motifs (C(OH)–C–C–N with tert-alkyl or cyclic N) is 1. The lowest BCUT2D eigenvalue weighted by atomic mass is 9.82. The summed E-state index contributed by atoms with van der Waals surface area (Å²) in [6, 6.07) is 7.80. The summed E-state index contributed by atoms with van der Waals surface area (Å²) >= 11 is 0. The molecule has 1 atom stereocenters.